The predicted octanol–water partition coefficient (Wildman–Crippen LogP) is 1.52. The van der Waals surface area contributed by atoms with Gasteiger partial charge in [-0.15, -0.1) is 11.8 Å². The summed E-state index contributed by atoms with van der Waals surface area (Å²) in [5, 5.41) is 3.58. The van der Waals surface area contributed by atoms with E-state index in [2.05, 4.69) is 5.16 Å². The molecule has 76 valence electrons. The van der Waals surface area contributed by atoms with Gasteiger partial charge >= 0.3 is 0 Å². The Morgan fingerprint density at radius 2 is 2.43 bits per heavy atom. The molecule has 0 saturated heterocycles. The van der Waals surface area contributed by atoms with Gasteiger partial charge in [-0.05, 0) is 6.42 Å². The third-order valence-electron chi connectivity index (χ3n) is 1.91. The summed E-state index contributed by atoms with van der Waals surface area (Å²) in [6.07, 6.45) is 5.21. The monoisotopic (exact) mass is 231 g/mol. The number of allylic oxidation sites excluding steroid dienone is 1. The highest BCUT2D eigenvalue weighted by atomic mass is 32.3. The van der Waals surface area contributed by atoms with Gasteiger partial charge in [-0.2, -0.15) is 0 Å². The first-order valence-electron chi connectivity index (χ1n) is 4.04. The lowest BCUT2D eigenvalue weighted by Crippen LogP contribution is -2.12. The van der Waals surface area contributed by atoms with Gasteiger partial charge in [0, 0.05) is 12.3 Å². The predicted molar refractivity (Wildman–Crippen MR) is 55.3 cm³/mol. The molecule has 0 radical (unpaired) electrons. The third kappa shape index (κ3) is 1.85. The fourth-order valence-corrected chi connectivity index (χ4v) is 3.55. The molecule has 0 aromatic carbocycles. The number of hydrogen-bond donors (Lipinski definition) is 0. The first-order chi connectivity index (χ1) is 6.57. The van der Waals surface area contributed by atoms with Crippen LogP contribution in [0.5, 0.6) is 0 Å². The number of aromatic nitrogens is 1. The molecule has 0 aliphatic carbocycles. The minimum absolute atomic E-state index is 0.373. The zero-order valence-corrected chi connectivity index (χ0v) is 9.14. The van der Waals surface area contributed by atoms with Crippen molar-refractivity contribution in [2.45, 2.75) is 11.0 Å². The van der Waals surface area contributed by atoms with Gasteiger partial charge in [-0.25, -0.2) is 8.42 Å². The van der Waals surface area contributed by atoms with Gasteiger partial charge in [-0.3, -0.25) is 0 Å². The zero-order valence-electron chi connectivity index (χ0n) is 7.50. The summed E-state index contributed by atoms with van der Waals surface area (Å²) in [5.41, 5.74) is 0. The normalized spacial score (nSPS) is 22.4. The average molecular weight is 231 g/mol. The van der Waals surface area contributed by atoms with E-state index >= 15 is 0 Å². The molecule has 0 amide bonds. The maximum absolute atomic E-state index is 11.2. The second kappa shape index (κ2) is 3.43. The molecule has 2 rings (SSSR count). The van der Waals surface area contributed by atoms with E-state index in [0.717, 1.165) is 4.91 Å². The first kappa shape index (κ1) is 9.79. The lowest BCUT2D eigenvalue weighted by atomic mass is 10.3. The van der Waals surface area contributed by atoms with Crippen LogP contribution >= 0.6 is 11.8 Å². The number of hydrogen-bond acceptors (Lipinski definition) is 5. The average Bonchev–Trinajstić information content (AvgIpc) is 2.73. The van der Waals surface area contributed by atoms with E-state index in [-0.39, 0.29) is 4.58 Å². The van der Waals surface area contributed by atoms with Crippen molar-refractivity contribution in [2.75, 3.05) is 6.26 Å². The minimum atomic E-state index is -2.98. The summed E-state index contributed by atoms with van der Waals surface area (Å²) in [5.74, 6) is 0.640. The van der Waals surface area contributed by atoms with E-state index < -0.39 is 9.84 Å². The molecule has 0 fully saturated rings. The molecule has 14 heavy (non-hydrogen) atoms. The van der Waals surface area contributed by atoms with Crippen molar-refractivity contribution in [3.8, 4) is 0 Å². The maximum Gasteiger partial charge on any atom is 0.172 e. The van der Waals surface area contributed by atoms with Crippen molar-refractivity contribution in [3.05, 3.63) is 24.1 Å². The van der Waals surface area contributed by atoms with Crippen LogP contribution in [0.25, 0.3) is 4.91 Å². The Morgan fingerprint density at radius 1 is 1.64 bits per heavy atom. The third-order valence-corrected chi connectivity index (χ3v) is 5.47. The quantitative estimate of drug-likeness (QED) is 0.772. The van der Waals surface area contributed by atoms with Crippen LogP contribution in [0.2, 0.25) is 0 Å². The Labute approximate surface area is 86.3 Å². The lowest BCUT2D eigenvalue weighted by Gasteiger charge is -2.05. The summed E-state index contributed by atoms with van der Waals surface area (Å²) < 4.78 is 27.1. The van der Waals surface area contributed by atoms with Gasteiger partial charge in [0.15, 0.2) is 15.6 Å². The Morgan fingerprint density at radius 3 is 2.93 bits per heavy atom. The van der Waals surface area contributed by atoms with Crippen LogP contribution < -0.4 is 0 Å². The Hall–Kier alpha value is -0.750. The molecule has 0 spiro atoms. The van der Waals surface area contributed by atoms with Crippen molar-refractivity contribution >= 4 is 26.5 Å². The van der Waals surface area contributed by atoms with Crippen LogP contribution in [-0.2, 0) is 9.84 Å². The van der Waals surface area contributed by atoms with E-state index in [1.165, 1.54) is 18.0 Å². The van der Waals surface area contributed by atoms with E-state index in [4.69, 9.17) is 4.52 Å². The topological polar surface area (TPSA) is 60.2 Å². The summed E-state index contributed by atoms with van der Waals surface area (Å²) in [4.78, 5) is 0.859. The minimum Gasteiger partial charge on any atom is -0.356 e. The van der Waals surface area contributed by atoms with Crippen molar-refractivity contribution in [3.63, 3.8) is 0 Å². The van der Waals surface area contributed by atoms with Crippen LogP contribution in [0.15, 0.2) is 22.9 Å². The van der Waals surface area contributed by atoms with E-state index in [9.17, 15) is 8.42 Å². The second-order valence-electron chi connectivity index (χ2n) is 3.06. The molecule has 0 saturated carbocycles. The summed E-state index contributed by atoms with van der Waals surface area (Å²) >= 11 is 1.31. The smallest absolute Gasteiger partial charge is 0.172 e. The van der Waals surface area contributed by atoms with E-state index in [1.54, 1.807) is 12.3 Å². The summed E-state index contributed by atoms with van der Waals surface area (Å²) in [7, 11) is -2.98. The van der Waals surface area contributed by atoms with Gasteiger partial charge in [0.1, 0.15) is 4.58 Å². The molecule has 1 aliphatic heterocycles. The van der Waals surface area contributed by atoms with Gasteiger partial charge < -0.3 is 4.52 Å². The molecule has 4 nitrogen and oxygen atoms in total. The standard InChI is InChI=1S/C8H9NO3S2/c1-14(10,11)8-3-2-7(13-8)6-4-5-9-12-6/h2,4-5,8H,3H2,1H3. The van der Waals surface area contributed by atoms with Crippen molar-refractivity contribution < 1.29 is 12.9 Å². The fourth-order valence-electron chi connectivity index (χ4n) is 1.20. The summed E-state index contributed by atoms with van der Waals surface area (Å²) in [6.45, 7) is 0. The molecule has 1 unspecified atom stereocenters. The van der Waals surface area contributed by atoms with Gasteiger partial charge in [0.25, 0.3) is 0 Å². The van der Waals surface area contributed by atoms with Gasteiger partial charge in [-0.1, -0.05) is 11.2 Å². The largest absolute Gasteiger partial charge is 0.356 e. The molecule has 1 aromatic rings. The molecular weight excluding hydrogens is 222 g/mol. The number of thioether (sulfide) groups is 1. The van der Waals surface area contributed by atoms with Crippen LogP contribution in [0, 0.1) is 0 Å². The SMILES string of the molecule is CS(=O)(=O)C1CC=C(c2ccno2)S1. The highest BCUT2D eigenvalue weighted by Crippen LogP contribution is 2.41. The summed E-state index contributed by atoms with van der Waals surface area (Å²) in [6, 6.07) is 1.73. The van der Waals surface area contributed by atoms with Gasteiger partial charge in [0.05, 0.1) is 11.1 Å². The fraction of sp³-hybridized carbons (Fsp3) is 0.375. The van der Waals surface area contributed by atoms with Crippen molar-refractivity contribution in [1.82, 2.24) is 5.16 Å². The lowest BCUT2D eigenvalue weighted by molar-refractivity contribution is 0.412. The number of rotatable bonds is 2. The Balaban J connectivity index is 2.16. The molecule has 1 atom stereocenters. The molecule has 1 aliphatic rings. The number of sulfone groups is 1. The highest BCUT2D eigenvalue weighted by molar-refractivity contribution is 8.19. The van der Waals surface area contributed by atoms with Crippen molar-refractivity contribution in [1.29, 1.82) is 0 Å². The maximum atomic E-state index is 11.2. The van der Waals surface area contributed by atoms with Crippen LogP contribution in [-0.4, -0.2) is 24.4 Å². The molecular formula is C8H9NO3S2. The molecule has 0 bridgehead atoms. The van der Waals surface area contributed by atoms with Crippen LogP contribution in [0.4, 0.5) is 0 Å². The second-order valence-corrected chi connectivity index (χ2v) is 6.83. The molecule has 0 N–H and O–H groups in total. The molecule has 1 aromatic heterocycles. The van der Waals surface area contributed by atoms with Gasteiger partial charge in [0.2, 0.25) is 0 Å². The first-order valence-corrected chi connectivity index (χ1v) is 6.87. The highest BCUT2D eigenvalue weighted by Gasteiger charge is 2.28. The van der Waals surface area contributed by atoms with E-state index in [0.29, 0.717) is 12.2 Å². The van der Waals surface area contributed by atoms with Crippen LogP contribution in [0.3, 0.4) is 0 Å². The van der Waals surface area contributed by atoms with Crippen molar-refractivity contribution in [2.24, 2.45) is 0 Å². The van der Waals surface area contributed by atoms with Crippen LogP contribution in [0.1, 0.15) is 12.2 Å². The van der Waals surface area contributed by atoms with E-state index in [1.807, 2.05) is 6.08 Å². The Bertz CT molecular complexity index is 447. The Kier molecular flexibility index (Phi) is 2.40. The molecule has 6 heteroatoms. The molecule has 2 heterocycles. The number of nitrogens with zero attached hydrogens (tertiary/aromatic N) is 1. The zero-order chi connectivity index (χ0) is 10.2.